The van der Waals surface area contributed by atoms with Crippen molar-refractivity contribution in [3.05, 3.63) is 247 Å². The first-order valence-electron chi connectivity index (χ1n) is 23.4. The van der Waals surface area contributed by atoms with Crippen molar-refractivity contribution in [1.82, 2.24) is 4.57 Å². The molecule has 324 valence electrons. The number of rotatable bonds is 9. The maximum atomic E-state index is 9.69. The minimum Gasteiger partial charge on any atom is -0.334 e. The zero-order chi connectivity index (χ0) is 45.6. The molecule has 2 heterocycles. The minimum absolute atomic E-state index is 0.0480. The van der Waals surface area contributed by atoms with E-state index in [2.05, 4.69) is 220 Å². The van der Waals surface area contributed by atoms with Gasteiger partial charge in [0.1, 0.15) is 0 Å². The molecule has 3 aliphatic carbocycles. The van der Waals surface area contributed by atoms with E-state index in [9.17, 15) is 10.5 Å². The van der Waals surface area contributed by atoms with E-state index in [-0.39, 0.29) is 18.0 Å². The lowest BCUT2D eigenvalue weighted by atomic mass is 9.90. The van der Waals surface area contributed by atoms with E-state index >= 15 is 0 Å². The van der Waals surface area contributed by atoms with Crippen LogP contribution in [0.5, 0.6) is 0 Å². The standard InChI is InChI=1S/C62H46N6/c63-41-43-19-27-49(28-20-43)65(53-35-37-61-57(39-53)55-15-7-9-17-59(55)67(61)47-11-3-1-4-12-47)51-31-23-45(24-32-51)46-25-33-52(34-26-46)66(50-29-21-44(42-64)22-30-50)54-36-38-62-58(40-54)56-16-8-10-18-60(56)68(62)48-13-5-2-6-14-48/h1-5,7-13,15-31,33-40,51,55,59H,6,14,32H2. The van der Waals surface area contributed by atoms with Gasteiger partial charge in [0, 0.05) is 62.2 Å². The lowest BCUT2D eigenvalue weighted by molar-refractivity contribution is 0.743. The van der Waals surface area contributed by atoms with Gasteiger partial charge >= 0.3 is 0 Å². The molecule has 7 aromatic carbocycles. The Morgan fingerprint density at radius 3 is 1.97 bits per heavy atom. The molecule has 6 heteroatoms. The van der Waals surface area contributed by atoms with Crippen LogP contribution < -0.4 is 14.7 Å². The summed E-state index contributed by atoms with van der Waals surface area (Å²) < 4.78 is 2.42. The summed E-state index contributed by atoms with van der Waals surface area (Å²) in [4.78, 5) is 7.17. The van der Waals surface area contributed by atoms with Crippen LogP contribution in [0, 0.1) is 22.7 Å². The first kappa shape index (κ1) is 40.7. The molecular formula is C62H46N6. The molecule has 1 aliphatic heterocycles. The summed E-state index contributed by atoms with van der Waals surface area (Å²) in [5.41, 5.74) is 16.2. The van der Waals surface area contributed by atoms with Gasteiger partial charge in [0.05, 0.1) is 46.4 Å². The van der Waals surface area contributed by atoms with E-state index in [0.29, 0.717) is 11.1 Å². The normalized spacial score (nSPS) is 17.9. The maximum Gasteiger partial charge on any atom is 0.0991 e. The molecule has 3 atom stereocenters. The summed E-state index contributed by atoms with van der Waals surface area (Å²) in [6.45, 7) is 0. The third kappa shape index (κ3) is 7.12. The molecule has 0 bridgehead atoms. The molecule has 8 aromatic rings. The fourth-order valence-electron chi connectivity index (χ4n) is 10.7. The lowest BCUT2D eigenvalue weighted by Crippen LogP contribution is -2.30. The van der Waals surface area contributed by atoms with Gasteiger partial charge in [-0.25, -0.2) is 0 Å². The van der Waals surface area contributed by atoms with Gasteiger partial charge in [-0.05, 0) is 157 Å². The van der Waals surface area contributed by atoms with E-state index in [1.165, 1.54) is 50.0 Å². The van der Waals surface area contributed by atoms with Crippen LogP contribution in [0.3, 0.4) is 0 Å². The Hall–Kier alpha value is -8.84. The maximum absolute atomic E-state index is 9.69. The quantitative estimate of drug-likeness (QED) is 0.145. The Balaban J connectivity index is 0.870. The van der Waals surface area contributed by atoms with Crippen molar-refractivity contribution < 1.29 is 0 Å². The molecular weight excluding hydrogens is 829 g/mol. The molecule has 6 nitrogen and oxygen atoms in total. The molecule has 4 aliphatic rings. The van der Waals surface area contributed by atoms with Gasteiger partial charge in [0.25, 0.3) is 0 Å². The average Bonchev–Trinajstić information content (AvgIpc) is 3.92. The van der Waals surface area contributed by atoms with E-state index in [4.69, 9.17) is 0 Å². The van der Waals surface area contributed by atoms with Gasteiger partial charge in [-0.15, -0.1) is 0 Å². The molecule has 0 amide bonds. The number of nitriles is 2. The monoisotopic (exact) mass is 874 g/mol. The Kier molecular flexibility index (Phi) is 10.3. The highest BCUT2D eigenvalue weighted by Crippen LogP contribution is 2.50. The van der Waals surface area contributed by atoms with Crippen molar-refractivity contribution in [1.29, 1.82) is 10.5 Å². The van der Waals surface area contributed by atoms with E-state index in [0.717, 1.165) is 53.3 Å². The Labute approximate surface area is 397 Å². The summed E-state index contributed by atoms with van der Waals surface area (Å²) in [7, 11) is 0. The number of allylic oxidation sites excluding steroid dienone is 8. The van der Waals surface area contributed by atoms with E-state index < -0.39 is 0 Å². The second kappa shape index (κ2) is 17.2. The van der Waals surface area contributed by atoms with Gasteiger partial charge in [-0.3, -0.25) is 0 Å². The van der Waals surface area contributed by atoms with Crippen LogP contribution in [0.1, 0.15) is 47.4 Å². The third-order valence-corrected chi connectivity index (χ3v) is 13.9. The van der Waals surface area contributed by atoms with Gasteiger partial charge in [0.15, 0.2) is 0 Å². The predicted molar refractivity (Wildman–Crippen MR) is 280 cm³/mol. The Morgan fingerprint density at radius 1 is 0.574 bits per heavy atom. The van der Waals surface area contributed by atoms with Crippen LogP contribution in [-0.4, -0.2) is 16.7 Å². The van der Waals surface area contributed by atoms with Crippen molar-refractivity contribution in [3.63, 3.8) is 0 Å². The molecule has 0 fully saturated rings. The smallest absolute Gasteiger partial charge is 0.0991 e. The van der Waals surface area contributed by atoms with Gasteiger partial charge in [0.2, 0.25) is 0 Å². The zero-order valence-corrected chi connectivity index (χ0v) is 37.4. The second-order valence-corrected chi connectivity index (χ2v) is 17.8. The number of hydrogen-bond donors (Lipinski definition) is 0. The number of fused-ring (bicyclic) bond motifs is 6. The van der Waals surface area contributed by atoms with Crippen molar-refractivity contribution in [2.45, 2.75) is 37.3 Å². The van der Waals surface area contributed by atoms with Crippen LogP contribution in [0.15, 0.2) is 225 Å². The minimum atomic E-state index is 0.0480. The number of hydrogen-bond acceptors (Lipinski definition) is 5. The Morgan fingerprint density at radius 2 is 1.25 bits per heavy atom. The zero-order valence-electron chi connectivity index (χ0n) is 37.4. The SMILES string of the molecule is N#Cc1ccc(N(c2ccc(C3=CCC(N(c4ccc(C#N)cc4)c4ccc5c(c4)C4C=CC=CC4N5c4ccccc4)C=C3)cc2)c2ccc3c(c2)c2ccccc2n3C2=CC=CCC2)cc1. The predicted octanol–water partition coefficient (Wildman–Crippen LogP) is 15.5. The molecule has 0 N–H and O–H groups in total. The second-order valence-electron chi connectivity index (χ2n) is 17.8. The van der Waals surface area contributed by atoms with Crippen LogP contribution in [0.2, 0.25) is 0 Å². The number of benzene rings is 7. The van der Waals surface area contributed by atoms with Crippen molar-refractivity contribution in [2.24, 2.45) is 0 Å². The fourth-order valence-corrected chi connectivity index (χ4v) is 10.7. The molecule has 12 rings (SSSR count). The fraction of sp³-hybridized carbons (Fsp3) is 0.0968. The van der Waals surface area contributed by atoms with Crippen molar-refractivity contribution in [2.75, 3.05) is 14.7 Å². The number of nitrogens with zero attached hydrogens (tertiary/aromatic N) is 6. The van der Waals surface area contributed by atoms with E-state index in [1.54, 1.807) is 0 Å². The third-order valence-electron chi connectivity index (χ3n) is 13.9. The number of aromatic nitrogens is 1. The van der Waals surface area contributed by atoms with Crippen LogP contribution in [0.4, 0.5) is 39.8 Å². The first-order valence-corrected chi connectivity index (χ1v) is 23.4. The van der Waals surface area contributed by atoms with Crippen molar-refractivity contribution in [3.8, 4) is 12.1 Å². The van der Waals surface area contributed by atoms with Gasteiger partial charge < -0.3 is 19.3 Å². The summed E-state index contributed by atoms with van der Waals surface area (Å²) in [5, 5.41) is 21.8. The van der Waals surface area contributed by atoms with Crippen LogP contribution in [0.25, 0.3) is 33.1 Å². The summed E-state index contributed by atoms with van der Waals surface area (Å²) in [6.07, 6.45) is 25.4. The number of para-hydroxylation sites is 2. The van der Waals surface area contributed by atoms with Crippen molar-refractivity contribution >= 4 is 72.9 Å². The van der Waals surface area contributed by atoms with Gasteiger partial charge in [-0.1, -0.05) is 103 Å². The summed E-state index contributed by atoms with van der Waals surface area (Å²) in [5.74, 6) is 0.230. The lowest BCUT2D eigenvalue weighted by Gasteiger charge is -2.34. The number of anilines is 7. The molecule has 1 aromatic heterocycles. The summed E-state index contributed by atoms with van der Waals surface area (Å²) >= 11 is 0. The highest BCUT2D eigenvalue weighted by molar-refractivity contribution is 6.11. The highest BCUT2D eigenvalue weighted by Gasteiger charge is 2.38. The molecule has 0 saturated carbocycles. The van der Waals surface area contributed by atoms with E-state index in [1.807, 2.05) is 36.4 Å². The van der Waals surface area contributed by atoms with Crippen LogP contribution >= 0.6 is 0 Å². The average molecular weight is 875 g/mol. The molecule has 0 radical (unpaired) electrons. The molecule has 0 spiro atoms. The first-order chi connectivity index (χ1) is 33.6. The highest BCUT2D eigenvalue weighted by atomic mass is 15.2. The Bertz CT molecular complexity index is 3520. The van der Waals surface area contributed by atoms with Gasteiger partial charge in [-0.2, -0.15) is 10.5 Å². The summed E-state index contributed by atoms with van der Waals surface area (Å²) in [6, 6.07) is 62.6. The molecule has 0 saturated heterocycles. The topological polar surface area (TPSA) is 62.2 Å². The van der Waals surface area contributed by atoms with Crippen LogP contribution in [-0.2, 0) is 0 Å². The largest absolute Gasteiger partial charge is 0.334 e. The molecule has 68 heavy (non-hydrogen) atoms. The molecule has 3 unspecified atom stereocenters.